The minimum Gasteiger partial charge on any atom is -0.353 e. The molecule has 0 radical (unpaired) electrons. The molecule has 16 heavy (non-hydrogen) atoms. The van der Waals surface area contributed by atoms with E-state index < -0.39 is 0 Å². The molecule has 96 valence electrons. The van der Waals surface area contributed by atoms with Crippen molar-refractivity contribution in [2.75, 3.05) is 6.54 Å². The van der Waals surface area contributed by atoms with E-state index in [4.69, 9.17) is 5.73 Å². The Hall–Kier alpha value is -0.280. The Labute approximate surface area is 105 Å². The van der Waals surface area contributed by atoms with Gasteiger partial charge in [-0.1, -0.05) is 33.1 Å². The zero-order valence-electron chi connectivity index (χ0n) is 10.4. The Morgan fingerprint density at radius 2 is 2.19 bits per heavy atom. The molecule has 3 unspecified atom stereocenters. The van der Waals surface area contributed by atoms with Crippen molar-refractivity contribution in [3.05, 3.63) is 0 Å². The highest BCUT2D eigenvalue weighted by Crippen LogP contribution is 2.26. The van der Waals surface area contributed by atoms with Crippen molar-refractivity contribution in [1.82, 2.24) is 5.32 Å². The van der Waals surface area contributed by atoms with E-state index in [0.717, 1.165) is 18.8 Å². The molecule has 0 spiro atoms. The molecule has 0 bridgehead atoms. The van der Waals surface area contributed by atoms with Crippen LogP contribution < -0.4 is 11.1 Å². The largest absolute Gasteiger partial charge is 0.353 e. The van der Waals surface area contributed by atoms with Gasteiger partial charge in [-0.2, -0.15) is 0 Å². The highest BCUT2D eigenvalue weighted by atomic mass is 35.5. The van der Waals surface area contributed by atoms with Crippen LogP contribution in [0.4, 0.5) is 0 Å². The standard InChI is InChI=1S/C12H24N2O.ClH/c1-3-10-5-4-6-11(7-10)14-12(15)9(2)8-13;/h9-11H,3-8,13H2,1-2H3,(H,14,15);1H. The Morgan fingerprint density at radius 3 is 2.75 bits per heavy atom. The van der Waals surface area contributed by atoms with Crippen LogP contribution in [0.5, 0.6) is 0 Å². The van der Waals surface area contributed by atoms with Crippen LogP contribution in [0.15, 0.2) is 0 Å². The van der Waals surface area contributed by atoms with Crippen molar-refractivity contribution in [2.24, 2.45) is 17.6 Å². The minimum absolute atomic E-state index is 0. The summed E-state index contributed by atoms with van der Waals surface area (Å²) in [5, 5.41) is 3.11. The van der Waals surface area contributed by atoms with Gasteiger partial charge in [-0.25, -0.2) is 0 Å². The van der Waals surface area contributed by atoms with Gasteiger partial charge in [0.05, 0.1) is 0 Å². The number of nitrogens with one attached hydrogen (secondary N) is 1. The molecule has 1 rings (SSSR count). The first-order valence-electron chi connectivity index (χ1n) is 6.17. The van der Waals surface area contributed by atoms with E-state index in [1.54, 1.807) is 0 Å². The number of carbonyl (C=O) groups is 1. The lowest BCUT2D eigenvalue weighted by Gasteiger charge is -2.29. The first kappa shape index (κ1) is 15.7. The number of hydrogen-bond donors (Lipinski definition) is 2. The second kappa shape index (κ2) is 7.91. The molecule has 0 aliphatic heterocycles. The molecule has 0 saturated heterocycles. The van der Waals surface area contributed by atoms with Crippen LogP contribution in [0.1, 0.15) is 46.0 Å². The third-order valence-electron chi connectivity index (χ3n) is 3.51. The monoisotopic (exact) mass is 248 g/mol. The van der Waals surface area contributed by atoms with Crippen LogP contribution in [-0.4, -0.2) is 18.5 Å². The maximum atomic E-state index is 11.6. The molecule has 1 amide bonds. The van der Waals surface area contributed by atoms with Gasteiger partial charge < -0.3 is 11.1 Å². The summed E-state index contributed by atoms with van der Waals surface area (Å²) in [4.78, 5) is 11.6. The van der Waals surface area contributed by atoms with Crippen LogP contribution in [0, 0.1) is 11.8 Å². The smallest absolute Gasteiger partial charge is 0.224 e. The van der Waals surface area contributed by atoms with Gasteiger partial charge in [0.15, 0.2) is 0 Å². The van der Waals surface area contributed by atoms with Crippen molar-refractivity contribution in [3.63, 3.8) is 0 Å². The van der Waals surface area contributed by atoms with Gasteiger partial charge in [0.25, 0.3) is 0 Å². The normalized spacial score (nSPS) is 26.7. The molecule has 1 fully saturated rings. The summed E-state index contributed by atoms with van der Waals surface area (Å²) in [5.74, 6) is 0.878. The van der Waals surface area contributed by atoms with Crippen LogP contribution in [0.25, 0.3) is 0 Å². The van der Waals surface area contributed by atoms with E-state index in [0.29, 0.717) is 12.6 Å². The van der Waals surface area contributed by atoms with Gasteiger partial charge in [-0.15, -0.1) is 12.4 Å². The Kier molecular flexibility index (Phi) is 7.77. The highest BCUT2D eigenvalue weighted by molar-refractivity contribution is 5.85. The molecule has 3 atom stereocenters. The van der Waals surface area contributed by atoms with E-state index in [9.17, 15) is 4.79 Å². The molecule has 0 aromatic heterocycles. The molecule has 3 N–H and O–H groups in total. The molecule has 3 nitrogen and oxygen atoms in total. The zero-order chi connectivity index (χ0) is 11.3. The predicted octanol–water partition coefficient (Wildman–Crippen LogP) is 2.09. The number of amides is 1. The van der Waals surface area contributed by atoms with Crippen molar-refractivity contribution < 1.29 is 4.79 Å². The number of nitrogens with two attached hydrogens (primary N) is 1. The van der Waals surface area contributed by atoms with Crippen molar-refractivity contribution in [1.29, 1.82) is 0 Å². The molecular weight excluding hydrogens is 224 g/mol. The van der Waals surface area contributed by atoms with Gasteiger partial charge in [0.1, 0.15) is 0 Å². The quantitative estimate of drug-likeness (QED) is 0.801. The second-order valence-corrected chi connectivity index (χ2v) is 4.78. The van der Waals surface area contributed by atoms with E-state index >= 15 is 0 Å². The minimum atomic E-state index is -0.0491. The predicted molar refractivity (Wildman–Crippen MR) is 69.6 cm³/mol. The third kappa shape index (κ3) is 4.71. The van der Waals surface area contributed by atoms with E-state index in [2.05, 4.69) is 12.2 Å². The first-order valence-corrected chi connectivity index (χ1v) is 6.17. The van der Waals surface area contributed by atoms with E-state index in [1.165, 1.54) is 19.3 Å². The van der Waals surface area contributed by atoms with Gasteiger partial charge in [0, 0.05) is 18.5 Å². The maximum Gasteiger partial charge on any atom is 0.224 e. The summed E-state index contributed by atoms with van der Waals surface area (Å²) in [6.45, 7) is 4.56. The van der Waals surface area contributed by atoms with Crippen LogP contribution in [0.3, 0.4) is 0 Å². The summed E-state index contributed by atoms with van der Waals surface area (Å²) >= 11 is 0. The van der Waals surface area contributed by atoms with Gasteiger partial charge >= 0.3 is 0 Å². The summed E-state index contributed by atoms with van der Waals surface area (Å²) in [7, 11) is 0. The third-order valence-corrected chi connectivity index (χ3v) is 3.51. The summed E-state index contributed by atoms with van der Waals surface area (Å²) in [5.41, 5.74) is 5.47. The fourth-order valence-electron chi connectivity index (χ4n) is 2.24. The lowest BCUT2D eigenvalue weighted by Crippen LogP contribution is -2.42. The van der Waals surface area contributed by atoms with Gasteiger partial charge in [-0.05, 0) is 18.8 Å². The summed E-state index contributed by atoms with van der Waals surface area (Å²) < 4.78 is 0. The lowest BCUT2D eigenvalue weighted by atomic mass is 9.84. The summed E-state index contributed by atoms with van der Waals surface area (Å²) in [6.07, 6.45) is 6.10. The zero-order valence-corrected chi connectivity index (χ0v) is 11.2. The number of hydrogen-bond acceptors (Lipinski definition) is 2. The number of carbonyl (C=O) groups excluding carboxylic acids is 1. The highest BCUT2D eigenvalue weighted by Gasteiger charge is 2.23. The van der Waals surface area contributed by atoms with Crippen LogP contribution >= 0.6 is 12.4 Å². The van der Waals surface area contributed by atoms with Crippen molar-refractivity contribution >= 4 is 18.3 Å². The van der Waals surface area contributed by atoms with Crippen molar-refractivity contribution in [3.8, 4) is 0 Å². The Balaban J connectivity index is 0.00000225. The Morgan fingerprint density at radius 1 is 1.50 bits per heavy atom. The molecule has 0 aromatic rings. The van der Waals surface area contributed by atoms with Crippen LogP contribution in [-0.2, 0) is 4.79 Å². The molecular formula is C12H25ClN2O. The fraction of sp³-hybridized carbons (Fsp3) is 0.917. The van der Waals surface area contributed by atoms with E-state index in [1.807, 2.05) is 6.92 Å². The van der Waals surface area contributed by atoms with Gasteiger partial charge in [0.2, 0.25) is 5.91 Å². The molecule has 0 heterocycles. The Bertz CT molecular complexity index is 211. The topological polar surface area (TPSA) is 55.1 Å². The fourth-order valence-corrected chi connectivity index (χ4v) is 2.24. The maximum absolute atomic E-state index is 11.6. The average Bonchev–Trinajstić information content (AvgIpc) is 2.28. The first-order chi connectivity index (χ1) is 7.17. The molecule has 1 aliphatic carbocycles. The van der Waals surface area contributed by atoms with Crippen molar-refractivity contribution in [2.45, 2.75) is 52.0 Å². The number of halogens is 1. The number of rotatable bonds is 4. The molecule has 0 aromatic carbocycles. The van der Waals surface area contributed by atoms with Gasteiger partial charge in [-0.3, -0.25) is 4.79 Å². The molecule has 1 saturated carbocycles. The van der Waals surface area contributed by atoms with E-state index in [-0.39, 0.29) is 24.2 Å². The summed E-state index contributed by atoms with van der Waals surface area (Å²) in [6, 6.07) is 0.394. The second-order valence-electron chi connectivity index (χ2n) is 4.78. The molecule has 1 aliphatic rings. The SMILES string of the molecule is CCC1CCCC(NC(=O)C(C)CN)C1.Cl. The average molecular weight is 249 g/mol. The van der Waals surface area contributed by atoms with Crippen LogP contribution in [0.2, 0.25) is 0 Å². The molecule has 4 heteroatoms. The lowest BCUT2D eigenvalue weighted by molar-refractivity contribution is -0.125.